The molecule has 2 aromatic rings. The molecule has 1 aliphatic heterocycles. The molecule has 3 rings (SSSR count). The highest BCUT2D eigenvalue weighted by atomic mass is 79.9. The predicted molar refractivity (Wildman–Crippen MR) is 65.2 cm³/mol. The number of fused-ring (bicyclic) bond motifs is 1. The Morgan fingerprint density at radius 2 is 2.18 bits per heavy atom. The molecule has 3 nitrogen and oxygen atoms in total. The number of benzene rings is 1. The largest absolute Gasteiger partial charge is 0.481 e. The Hall–Kier alpha value is -1.55. The maximum Gasteiger partial charge on any atom is 0.170 e. The smallest absolute Gasteiger partial charge is 0.170 e. The van der Waals surface area contributed by atoms with Crippen molar-refractivity contribution in [3.05, 3.63) is 52.4 Å². The van der Waals surface area contributed by atoms with Crippen LogP contribution in [0, 0.1) is 0 Å². The quantitative estimate of drug-likeness (QED) is 0.804. The molecular weight excluding hydrogens is 284 g/mol. The first-order valence-electron chi connectivity index (χ1n) is 5.27. The van der Waals surface area contributed by atoms with E-state index in [1.165, 1.54) is 0 Å². The Kier molecular flexibility index (Phi) is 2.52. The molecule has 17 heavy (non-hydrogen) atoms. The second-order valence-corrected chi connectivity index (χ2v) is 4.81. The molecule has 0 N–H and O–H groups in total. The molecule has 1 atom stereocenters. The molecule has 0 unspecified atom stereocenters. The minimum absolute atomic E-state index is 0.0835. The first kappa shape index (κ1) is 10.6. The monoisotopic (exact) mass is 292 g/mol. The van der Waals surface area contributed by atoms with E-state index < -0.39 is 0 Å². The fourth-order valence-corrected chi connectivity index (χ4v) is 2.27. The van der Waals surface area contributed by atoms with Gasteiger partial charge < -0.3 is 9.15 Å². The number of ether oxygens (including phenoxy) is 1. The summed E-state index contributed by atoms with van der Waals surface area (Å²) >= 11 is 3.36. The van der Waals surface area contributed by atoms with Gasteiger partial charge in [0.15, 0.2) is 11.9 Å². The molecule has 86 valence electrons. The van der Waals surface area contributed by atoms with Gasteiger partial charge in [-0.1, -0.05) is 15.9 Å². The third kappa shape index (κ3) is 1.89. The highest BCUT2D eigenvalue weighted by Gasteiger charge is 2.29. The molecular formula is C13H9BrO3. The molecule has 1 aromatic carbocycles. The summed E-state index contributed by atoms with van der Waals surface area (Å²) in [7, 11) is 0. The van der Waals surface area contributed by atoms with E-state index in [9.17, 15) is 4.79 Å². The van der Waals surface area contributed by atoms with Crippen LogP contribution in [-0.4, -0.2) is 5.78 Å². The van der Waals surface area contributed by atoms with E-state index >= 15 is 0 Å². The summed E-state index contributed by atoms with van der Waals surface area (Å²) in [5.41, 5.74) is 0.635. The van der Waals surface area contributed by atoms with Gasteiger partial charge in [0.05, 0.1) is 18.2 Å². The summed E-state index contributed by atoms with van der Waals surface area (Å²) in [5.74, 6) is 1.38. The Morgan fingerprint density at radius 3 is 2.94 bits per heavy atom. The van der Waals surface area contributed by atoms with Crippen LogP contribution in [0.4, 0.5) is 0 Å². The van der Waals surface area contributed by atoms with Crippen LogP contribution >= 0.6 is 15.9 Å². The summed E-state index contributed by atoms with van der Waals surface area (Å²) in [6.07, 6.45) is 1.58. The van der Waals surface area contributed by atoms with Gasteiger partial charge in [-0.25, -0.2) is 0 Å². The van der Waals surface area contributed by atoms with Crippen LogP contribution in [0.2, 0.25) is 0 Å². The number of halogens is 1. The second-order valence-electron chi connectivity index (χ2n) is 3.89. The normalized spacial score (nSPS) is 18.6. The van der Waals surface area contributed by atoms with Gasteiger partial charge in [0.25, 0.3) is 0 Å². The lowest BCUT2D eigenvalue weighted by Crippen LogP contribution is -2.19. The van der Waals surface area contributed by atoms with E-state index in [4.69, 9.17) is 9.15 Å². The van der Waals surface area contributed by atoms with Gasteiger partial charge in [0, 0.05) is 4.47 Å². The molecule has 0 amide bonds. The van der Waals surface area contributed by atoms with Crippen molar-refractivity contribution in [2.24, 2.45) is 0 Å². The topological polar surface area (TPSA) is 39.4 Å². The Bertz CT molecular complexity index is 560. The maximum absolute atomic E-state index is 12.0. The summed E-state index contributed by atoms with van der Waals surface area (Å²) < 4.78 is 12.0. The van der Waals surface area contributed by atoms with Gasteiger partial charge in [-0.3, -0.25) is 4.79 Å². The number of carbonyl (C=O) groups excluding carboxylic acids is 1. The number of hydrogen-bond donors (Lipinski definition) is 0. The zero-order valence-corrected chi connectivity index (χ0v) is 10.4. The van der Waals surface area contributed by atoms with Crippen molar-refractivity contribution in [1.29, 1.82) is 0 Å². The third-order valence-electron chi connectivity index (χ3n) is 2.74. The molecule has 0 saturated heterocycles. The maximum atomic E-state index is 12.0. The van der Waals surface area contributed by atoms with Gasteiger partial charge in [0.2, 0.25) is 0 Å². The van der Waals surface area contributed by atoms with E-state index in [0.717, 1.165) is 4.47 Å². The number of rotatable bonds is 1. The van der Waals surface area contributed by atoms with Crippen LogP contribution < -0.4 is 4.74 Å². The Morgan fingerprint density at radius 1 is 1.29 bits per heavy atom. The van der Waals surface area contributed by atoms with E-state index in [-0.39, 0.29) is 11.9 Å². The number of furan rings is 1. The van der Waals surface area contributed by atoms with Gasteiger partial charge in [-0.2, -0.15) is 0 Å². The van der Waals surface area contributed by atoms with Crippen LogP contribution in [0.5, 0.6) is 5.75 Å². The van der Waals surface area contributed by atoms with Crippen molar-refractivity contribution >= 4 is 21.7 Å². The molecule has 0 saturated carbocycles. The summed E-state index contributed by atoms with van der Waals surface area (Å²) in [6.45, 7) is 0. The van der Waals surface area contributed by atoms with Crippen molar-refractivity contribution in [2.45, 2.75) is 12.5 Å². The molecule has 0 bridgehead atoms. The number of ketones is 1. The van der Waals surface area contributed by atoms with E-state index in [1.54, 1.807) is 18.4 Å². The molecule has 2 heterocycles. The first-order valence-corrected chi connectivity index (χ1v) is 6.06. The zero-order chi connectivity index (χ0) is 11.8. The van der Waals surface area contributed by atoms with E-state index in [0.29, 0.717) is 23.5 Å². The average Bonchev–Trinajstić information content (AvgIpc) is 2.81. The van der Waals surface area contributed by atoms with Gasteiger partial charge in [0.1, 0.15) is 11.5 Å². The molecule has 4 heteroatoms. The molecule has 0 fully saturated rings. The summed E-state index contributed by atoms with van der Waals surface area (Å²) in [5, 5.41) is 0. The molecule has 1 aromatic heterocycles. The lowest BCUT2D eigenvalue weighted by Gasteiger charge is -2.23. The number of carbonyl (C=O) groups is 1. The Labute approximate surface area is 107 Å². The van der Waals surface area contributed by atoms with E-state index in [2.05, 4.69) is 15.9 Å². The van der Waals surface area contributed by atoms with E-state index in [1.807, 2.05) is 18.2 Å². The SMILES string of the molecule is O=C1C[C@@H](c2ccco2)Oc2cc(Br)ccc21. The van der Waals surface area contributed by atoms with Crippen molar-refractivity contribution in [2.75, 3.05) is 0 Å². The van der Waals surface area contributed by atoms with Gasteiger partial charge in [-0.15, -0.1) is 0 Å². The lowest BCUT2D eigenvalue weighted by molar-refractivity contribution is 0.0817. The highest BCUT2D eigenvalue weighted by Crippen LogP contribution is 2.36. The van der Waals surface area contributed by atoms with Crippen LogP contribution in [0.25, 0.3) is 0 Å². The number of Topliss-reactive ketones (excluding diaryl/α,β-unsaturated/α-hetero) is 1. The minimum Gasteiger partial charge on any atom is -0.481 e. The van der Waals surface area contributed by atoms with Crippen molar-refractivity contribution < 1.29 is 13.9 Å². The zero-order valence-electron chi connectivity index (χ0n) is 8.85. The fraction of sp³-hybridized carbons (Fsp3) is 0.154. The first-order chi connectivity index (χ1) is 8.24. The Balaban J connectivity index is 2.00. The molecule has 0 aliphatic carbocycles. The average molecular weight is 293 g/mol. The van der Waals surface area contributed by atoms with Gasteiger partial charge >= 0.3 is 0 Å². The lowest BCUT2D eigenvalue weighted by atomic mass is 10.00. The fourth-order valence-electron chi connectivity index (χ4n) is 1.93. The summed E-state index contributed by atoms with van der Waals surface area (Å²) in [6, 6.07) is 9.04. The second kappa shape index (κ2) is 4.04. The summed E-state index contributed by atoms with van der Waals surface area (Å²) in [4.78, 5) is 12.0. The third-order valence-corrected chi connectivity index (χ3v) is 3.24. The van der Waals surface area contributed by atoms with Crippen LogP contribution in [-0.2, 0) is 0 Å². The van der Waals surface area contributed by atoms with Gasteiger partial charge in [-0.05, 0) is 30.3 Å². The molecule has 0 spiro atoms. The minimum atomic E-state index is -0.320. The standard InChI is InChI=1S/C13H9BrO3/c14-8-3-4-9-10(15)7-13(17-12(9)6-8)11-2-1-5-16-11/h1-6,13H,7H2/t13-/m0/s1. The van der Waals surface area contributed by atoms with Crippen molar-refractivity contribution in [1.82, 2.24) is 0 Å². The number of hydrogen-bond acceptors (Lipinski definition) is 3. The molecule has 0 radical (unpaired) electrons. The van der Waals surface area contributed by atoms with Crippen LogP contribution in [0.3, 0.4) is 0 Å². The highest BCUT2D eigenvalue weighted by molar-refractivity contribution is 9.10. The van der Waals surface area contributed by atoms with Crippen LogP contribution in [0.1, 0.15) is 28.6 Å². The predicted octanol–water partition coefficient (Wildman–Crippen LogP) is 3.75. The van der Waals surface area contributed by atoms with Crippen molar-refractivity contribution in [3.63, 3.8) is 0 Å². The molecule has 1 aliphatic rings. The van der Waals surface area contributed by atoms with Crippen LogP contribution in [0.15, 0.2) is 45.5 Å². The van der Waals surface area contributed by atoms with Crippen molar-refractivity contribution in [3.8, 4) is 5.75 Å².